The van der Waals surface area contributed by atoms with Crippen LogP contribution in [0.1, 0.15) is 0 Å². The van der Waals surface area contributed by atoms with E-state index in [1.807, 2.05) is 24.3 Å². The van der Waals surface area contributed by atoms with Gasteiger partial charge in [0.25, 0.3) is 5.91 Å². The molecule has 0 N–H and O–H groups in total. The average molecular weight is 400 g/mol. The molecular weight excluding hydrogens is 384 g/mol. The van der Waals surface area contributed by atoms with Crippen LogP contribution in [-0.4, -0.2) is 37.6 Å². The second-order valence-electron chi connectivity index (χ2n) is 4.98. The van der Waals surface area contributed by atoms with Gasteiger partial charge in [-0.05, 0) is 36.4 Å². The number of carbonyl (C=O) groups excluding carboxylic acids is 1. The maximum atomic E-state index is 13.4. The van der Waals surface area contributed by atoms with Crippen LogP contribution in [0.2, 0.25) is 0 Å². The van der Waals surface area contributed by atoms with Gasteiger partial charge in [-0.15, -0.1) is 0 Å². The van der Waals surface area contributed by atoms with Crippen molar-refractivity contribution in [2.24, 2.45) is 0 Å². The molecule has 0 fully saturated rings. The molecule has 1 amide bonds. The Morgan fingerprint density at radius 3 is 2.50 bits per heavy atom. The molecular formula is C17H16BrF2NO3. The van der Waals surface area contributed by atoms with Crippen molar-refractivity contribution in [1.29, 1.82) is 0 Å². The summed E-state index contributed by atoms with van der Waals surface area (Å²) in [6.45, 7) is 0.330. The van der Waals surface area contributed by atoms with Crippen molar-refractivity contribution in [3.05, 3.63) is 58.6 Å². The van der Waals surface area contributed by atoms with E-state index >= 15 is 0 Å². The molecule has 0 heterocycles. The first-order valence-corrected chi connectivity index (χ1v) is 7.95. The predicted molar refractivity (Wildman–Crippen MR) is 89.1 cm³/mol. The van der Waals surface area contributed by atoms with Crippen LogP contribution in [0.15, 0.2) is 46.9 Å². The van der Waals surface area contributed by atoms with E-state index in [2.05, 4.69) is 15.9 Å². The first-order chi connectivity index (χ1) is 11.5. The summed E-state index contributed by atoms with van der Waals surface area (Å²) in [5.41, 5.74) is 0. The van der Waals surface area contributed by atoms with Crippen LogP contribution in [0, 0.1) is 11.6 Å². The molecule has 128 valence electrons. The van der Waals surface area contributed by atoms with Crippen molar-refractivity contribution >= 4 is 21.8 Å². The predicted octanol–water partition coefficient (Wildman–Crippen LogP) is 3.64. The second-order valence-corrected chi connectivity index (χ2v) is 5.90. The van der Waals surface area contributed by atoms with Crippen LogP contribution in [0.25, 0.3) is 0 Å². The molecule has 2 rings (SSSR count). The number of likely N-dealkylation sites (N-methyl/N-ethyl adjacent to an activating group) is 1. The summed E-state index contributed by atoms with van der Waals surface area (Å²) in [5, 5.41) is 0. The van der Waals surface area contributed by atoms with Crippen LogP contribution >= 0.6 is 15.9 Å². The standard InChI is InChI=1S/C17H16BrF2NO3/c1-21(8-9-23-14-5-2-12(18)3-6-14)17(22)11-24-16-7-4-13(19)10-15(16)20/h2-7,10H,8-9,11H2,1H3. The van der Waals surface area contributed by atoms with E-state index < -0.39 is 11.6 Å². The number of hydrogen-bond acceptors (Lipinski definition) is 3. The van der Waals surface area contributed by atoms with Crippen molar-refractivity contribution in [3.8, 4) is 11.5 Å². The fourth-order valence-electron chi connectivity index (χ4n) is 1.80. The topological polar surface area (TPSA) is 38.8 Å². The number of rotatable bonds is 7. The highest BCUT2D eigenvalue weighted by Gasteiger charge is 2.12. The lowest BCUT2D eigenvalue weighted by atomic mass is 10.3. The molecule has 0 aromatic heterocycles. The van der Waals surface area contributed by atoms with E-state index in [-0.39, 0.29) is 18.3 Å². The summed E-state index contributed by atoms with van der Waals surface area (Å²) in [4.78, 5) is 13.3. The van der Waals surface area contributed by atoms with Crippen LogP contribution in [0.3, 0.4) is 0 Å². The normalized spacial score (nSPS) is 10.3. The van der Waals surface area contributed by atoms with Gasteiger partial charge in [-0.1, -0.05) is 15.9 Å². The summed E-state index contributed by atoms with van der Waals surface area (Å²) < 4.78 is 37.7. The molecule has 7 heteroatoms. The SMILES string of the molecule is CN(CCOc1ccc(Br)cc1)C(=O)COc1ccc(F)cc1F. The number of halogens is 3. The molecule has 0 radical (unpaired) electrons. The number of nitrogens with zero attached hydrogens (tertiary/aromatic N) is 1. The van der Waals surface area contributed by atoms with Crippen LogP contribution in [-0.2, 0) is 4.79 Å². The fourth-order valence-corrected chi connectivity index (χ4v) is 2.06. The Kier molecular flexibility index (Phi) is 6.54. The number of amides is 1. The van der Waals surface area contributed by atoms with E-state index in [0.29, 0.717) is 25.0 Å². The largest absolute Gasteiger partial charge is 0.492 e. The molecule has 0 bridgehead atoms. The van der Waals surface area contributed by atoms with Gasteiger partial charge in [0.15, 0.2) is 18.2 Å². The quantitative estimate of drug-likeness (QED) is 0.713. The summed E-state index contributed by atoms with van der Waals surface area (Å²) in [6, 6.07) is 10.3. The Labute approximate surface area is 147 Å². The summed E-state index contributed by atoms with van der Waals surface area (Å²) >= 11 is 3.33. The summed E-state index contributed by atoms with van der Waals surface area (Å²) in [5.74, 6) is -1.34. The Balaban J connectivity index is 1.74. The summed E-state index contributed by atoms with van der Waals surface area (Å²) in [7, 11) is 1.59. The fraction of sp³-hybridized carbons (Fsp3) is 0.235. The van der Waals surface area contributed by atoms with Crippen molar-refractivity contribution in [2.45, 2.75) is 0 Å². The number of ether oxygens (including phenoxy) is 2. The molecule has 2 aromatic carbocycles. The molecule has 0 aliphatic carbocycles. The van der Waals surface area contributed by atoms with Crippen molar-refractivity contribution < 1.29 is 23.0 Å². The first kappa shape index (κ1) is 18.2. The van der Waals surface area contributed by atoms with Gasteiger partial charge in [0, 0.05) is 17.6 Å². The van der Waals surface area contributed by atoms with E-state index in [4.69, 9.17) is 9.47 Å². The maximum absolute atomic E-state index is 13.4. The molecule has 0 saturated heterocycles. The molecule has 0 atom stereocenters. The van der Waals surface area contributed by atoms with Crippen molar-refractivity contribution in [3.63, 3.8) is 0 Å². The van der Waals surface area contributed by atoms with Gasteiger partial charge in [-0.3, -0.25) is 4.79 Å². The number of benzene rings is 2. The Morgan fingerprint density at radius 2 is 1.83 bits per heavy atom. The van der Waals surface area contributed by atoms with Crippen molar-refractivity contribution in [1.82, 2.24) is 4.90 Å². The van der Waals surface area contributed by atoms with Crippen molar-refractivity contribution in [2.75, 3.05) is 26.8 Å². The zero-order valence-electron chi connectivity index (χ0n) is 13.0. The van der Waals surface area contributed by atoms with Gasteiger partial charge < -0.3 is 14.4 Å². The van der Waals surface area contributed by atoms with Crippen LogP contribution in [0.4, 0.5) is 8.78 Å². The van der Waals surface area contributed by atoms with Gasteiger partial charge in [0.05, 0.1) is 6.54 Å². The highest BCUT2D eigenvalue weighted by Crippen LogP contribution is 2.18. The van der Waals surface area contributed by atoms with E-state index in [9.17, 15) is 13.6 Å². The molecule has 0 aliphatic rings. The monoisotopic (exact) mass is 399 g/mol. The highest BCUT2D eigenvalue weighted by molar-refractivity contribution is 9.10. The van der Waals surface area contributed by atoms with Crippen LogP contribution in [0.5, 0.6) is 11.5 Å². The van der Waals surface area contributed by atoms with Gasteiger partial charge in [0.1, 0.15) is 18.2 Å². The van der Waals surface area contributed by atoms with Gasteiger partial charge in [0.2, 0.25) is 0 Å². The molecule has 24 heavy (non-hydrogen) atoms. The first-order valence-electron chi connectivity index (χ1n) is 7.16. The lowest BCUT2D eigenvalue weighted by Gasteiger charge is -2.18. The van der Waals surface area contributed by atoms with Crippen LogP contribution < -0.4 is 9.47 Å². The minimum Gasteiger partial charge on any atom is -0.492 e. The zero-order chi connectivity index (χ0) is 17.5. The minimum atomic E-state index is -0.843. The minimum absolute atomic E-state index is 0.163. The smallest absolute Gasteiger partial charge is 0.260 e. The molecule has 0 spiro atoms. The summed E-state index contributed by atoms with van der Waals surface area (Å²) in [6.07, 6.45) is 0. The third-order valence-electron chi connectivity index (χ3n) is 3.18. The van der Waals surface area contributed by atoms with Gasteiger partial charge in [-0.2, -0.15) is 0 Å². The van der Waals surface area contributed by atoms with Gasteiger partial charge in [-0.25, -0.2) is 8.78 Å². The van der Waals surface area contributed by atoms with E-state index in [0.717, 1.165) is 16.6 Å². The van der Waals surface area contributed by atoms with Gasteiger partial charge >= 0.3 is 0 Å². The Hall–Kier alpha value is -2.15. The number of hydrogen-bond donors (Lipinski definition) is 0. The lowest BCUT2D eigenvalue weighted by molar-refractivity contribution is -0.132. The maximum Gasteiger partial charge on any atom is 0.260 e. The molecule has 0 unspecified atom stereocenters. The van der Waals surface area contributed by atoms with E-state index in [1.54, 1.807) is 7.05 Å². The molecule has 2 aromatic rings. The zero-order valence-corrected chi connectivity index (χ0v) is 14.6. The Morgan fingerprint density at radius 1 is 1.12 bits per heavy atom. The second kappa shape index (κ2) is 8.63. The molecule has 0 saturated carbocycles. The highest BCUT2D eigenvalue weighted by atomic mass is 79.9. The van der Waals surface area contributed by atoms with E-state index in [1.165, 1.54) is 4.90 Å². The third kappa shape index (κ3) is 5.49. The number of carbonyl (C=O) groups is 1. The molecule has 0 aliphatic heterocycles. The Bertz CT molecular complexity index is 695. The molecule has 4 nitrogen and oxygen atoms in total. The third-order valence-corrected chi connectivity index (χ3v) is 3.71. The average Bonchev–Trinajstić information content (AvgIpc) is 2.55. The lowest BCUT2D eigenvalue weighted by Crippen LogP contribution is -2.34.